The smallest absolute Gasteiger partial charge is 0.125 e. The Bertz CT molecular complexity index is 918. The monoisotopic (exact) mass is 330 g/mol. The van der Waals surface area contributed by atoms with Crippen LogP contribution in [0.2, 0.25) is 0 Å². The third-order valence-corrected chi connectivity index (χ3v) is 4.96. The number of hydrogen-bond donors (Lipinski definition) is 1. The number of aryl methyl sites for hydroxylation is 2. The van der Waals surface area contributed by atoms with Gasteiger partial charge in [-0.3, -0.25) is 0 Å². The summed E-state index contributed by atoms with van der Waals surface area (Å²) in [6.07, 6.45) is 0.989. The molecule has 0 atom stereocenters. The average Bonchev–Trinajstić information content (AvgIpc) is 2.99. The fourth-order valence-corrected chi connectivity index (χ4v) is 3.91. The van der Waals surface area contributed by atoms with Gasteiger partial charge >= 0.3 is 0 Å². The van der Waals surface area contributed by atoms with E-state index in [9.17, 15) is 0 Å². The Labute approximate surface area is 148 Å². The third-order valence-electron chi connectivity index (χ3n) is 4.96. The molecule has 0 aliphatic heterocycles. The molecule has 1 aliphatic rings. The van der Waals surface area contributed by atoms with E-state index in [1.807, 2.05) is 0 Å². The predicted octanol–water partition coefficient (Wildman–Crippen LogP) is 4.91. The summed E-state index contributed by atoms with van der Waals surface area (Å²) < 4.78 is 5.70. The molecule has 2 heteroatoms. The largest absolute Gasteiger partial charge is 0.491 e. The molecule has 3 aromatic rings. The molecule has 126 valence electrons. The minimum Gasteiger partial charge on any atom is -0.491 e. The zero-order valence-electron chi connectivity index (χ0n) is 14.7. The zero-order valence-corrected chi connectivity index (χ0v) is 14.7. The van der Waals surface area contributed by atoms with Crippen molar-refractivity contribution in [3.63, 3.8) is 0 Å². The van der Waals surface area contributed by atoms with Crippen molar-refractivity contribution in [3.8, 4) is 28.0 Å². The van der Waals surface area contributed by atoms with Gasteiger partial charge in [0.15, 0.2) is 0 Å². The molecule has 0 heterocycles. The van der Waals surface area contributed by atoms with E-state index in [2.05, 4.69) is 68.4 Å². The molecule has 0 unspecified atom stereocenters. The van der Waals surface area contributed by atoms with Crippen LogP contribution in [0.3, 0.4) is 0 Å². The molecule has 2 nitrogen and oxygen atoms in total. The first kappa shape index (κ1) is 15.9. The van der Waals surface area contributed by atoms with Crippen LogP contribution >= 0.6 is 0 Å². The maximum Gasteiger partial charge on any atom is 0.125 e. The molecular formula is C23H22O2. The van der Waals surface area contributed by atoms with Gasteiger partial charge in [-0.2, -0.15) is 0 Å². The van der Waals surface area contributed by atoms with E-state index in [1.54, 1.807) is 0 Å². The quantitative estimate of drug-likeness (QED) is 0.576. The van der Waals surface area contributed by atoms with Crippen molar-refractivity contribution in [1.82, 2.24) is 0 Å². The Morgan fingerprint density at radius 1 is 0.880 bits per heavy atom. The maximum absolute atomic E-state index is 9.01. The minimum atomic E-state index is 0.0328. The molecule has 4 rings (SSSR count). The average molecular weight is 330 g/mol. The molecule has 1 aliphatic carbocycles. The van der Waals surface area contributed by atoms with Crippen LogP contribution in [-0.4, -0.2) is 18.3 Å². The van der Waals surface area contributed by atoms with Crippen LogP contribution < -0.4 is 4.74 Å². The van der Waals surface area contributed by atoms with Crippen molar-refractivity contribution < 1.29 is 9.84 Å². The number of hydrogen-bond acceptors (Lipinski definition) is 2. The molecule has 0 saturated carbocycles. The van der Waals surface area contributed by atoms with E-state index >= 15 is 0 Å². The van der Waals surface area contributed by atoms with Crippen LogP contribution in [0.5, 0.6) is 5.75 Å². The highest BCUT2D eigenvalue weighted by molar-refractivity contribution is 5.85. The van der Waals surface area contributed by atoms with E-state index in [1.165, 1.54) is 33.4 Å². The zero-order chi connectivity index (χ0) is 17.4. The van der Waals surface area contributed by atoms with Gasteiger partial charge in [0.25, 0.3) is 0 Å². The summed E-state index contributed by atoms with van der Waals surface area (Å²) in [5.41, 5.74) is 10.3. The van der Waals surface area contributed by atoms with Crippen LogP contribution in [0.4, 0.5) is 0 Å². The topological polar surface area (TPSA) is 29.5 Å². The number of rotatable bonds is 4. The van der Waals surface area contributed by atoms with Gasteiger partial charge < -0.3 is 9.84 Å². The van der Waals surface area contributed by atoms with Crippen LogP contribution in [0, 0.1) is 13.8 Å². The molecule has 0 amide bonds. The Morgan fingerprint density at radius 2 is 1.56 bits per heavy atom. The first-order valence-corrected chi connectivity index (χ1v) is 8.74. The van der Waals surface area contributed by atoms with Crippen LogP contribution in [-0.2, 0) is 6.42 Å². The van der Waals surface area contributed by atoms with Crippen molar-refractivity contribution in [2.45, 2.75) is 20.3 Å². The standard InChI is InChI=1S/C23H22O2/c1-15-12-18(13-16(2)23(15)25-11-10-24)20-8-5-9-21-19-7-4-3-6-17(19)14-22(20)21/h3-9,12-13,24H,10-11,14H2,1-2H3. The van der Waals surface area contributed by atoms with E-state index in [0.717, 1.165) is 23.3 Å². The molecule has 0 spiro atoms. The molecule has 0 saturated heterocycles. The summed E-state index contributed by atoms with van der Waals surface area (Å²) in [4.78, 5) is 0. The molecule has 3 aromatic carbocycles. The highest BCUT2D eigenvalue weighted by atomic mass is 16.5. The first-order valence-electron chi connectivity index (χ1n) is 8.74. The Kier molecular flexibility index (Phi) is 4.06. The molecule has 0 aromatic heterocycles. The lowest BCUT2D eigenvalue weighted by Crippen LogP contribution is -2.04. The maximum atomic E-state index is 9.01. The lowest BCUT2D eigenvalue weighted by molar-refractivity contribution is 0.200. The van der Waals surface area contributed by atoms with Gasteiger partial charge in [-0.15, -0.1) is 0 Å². The van der Waals surface area contributed by atoms with Gasteiger partial charge in [-0.25, -0.2) is 0 Å². The fraction of sp³-hybridized carbons (Fsp3) is 0.217. The summed E-state index contributed by atoms with van der Waals surface area (Å²) >= 11 is 0. The number of ether oxygens (including phenoxy) is 1. The Morgan fingerprint density at radius 3 is 2.32 bits per heavy atom. The Balaban J connectivity index is 1.80. The summed E-state index contributed by atoms with van der Waals surface area (Å²) in [7, 11) is 0. The van der Waals surface area contributed by atoms with Gasteiger partial charge in [0.1, 0.15) is 12.4 Å². The summed E-state index contributed by atoms with van der Waals surface area (Å²) in [6, 6.07) is 19.6. The number of benzene rings is 3. The fourth-order valence-electron chi connectivity index (χ4n) is 3.91. The molecule has 1 N–H and O–H groups in total. The van der Waals surface area contributed by atoms with Crippen molar-refractivity contribution in [2.24, 2.45) is 0 Å². The minimum absolute atomic E-state index is 0.0328. The molecular weight excluding hydrogens is 308 g/mol. The van der Waals surface area contributed by atoms with E-state index in [0.29, 0.717) is 6.61 Å². The second-order valence-corrected chi connectivity index (χ2v) is 6.68. The number of fused-ring (bicyclic) bond motifs is 3. The first-order chi connectivity index (χ1) is 12.2. The lowest BCUT2D eigenvalue weighted by Gasteiger charge is -2.15. The van der Waals surface area contributed by atoms with Crippen molar-refractivity contribution in [3.05, 3.63) is 76.9 Å². The van der Waals surface area contributed by atoms with Gasteiger partial charge in [0.05, 0.1) is 6.61 Å². The highest BCUT2D eigenvalue weighted by Crippen LogP contribution is 2.42. The molecule has 0 fully saturated rings. The van der Waals surface area contributed by atoms with Gasteiger partial charge in [-0.1, -0.05) is 42.5 Å². The summed E-state index contributed by atoms with van der Waals surface area (Å²) in [5, 5.41) is 9.01. The van der Waals surface area contributed by atoms with Crippen molar-refractivity contribution in [1.29, 1.82) is 0 Å². The van der Waals surface area contributed by atoms with Gasteiger partial charge in [0.2, 0.25) is 0 Å². The summed E-state index contributed by atoms with van der Waals surface area (Å²) in [6.45, 7) is 4.50. The second-order valence-electron chi connectivity index (χ2n) is 6.68. The highest BCUT2D eigenvalue weighted by Gasteiger charge is 2.21. The van der Waals surface area contributed by atoms with Crippen molar-refractivity contribution in [2.75, 3.05) is 13.2 Å². The number of aliphatic hydroxyl groups is 1. The van der Waals surface area contributed by atoms with Crippen LogP contribution in [0.1, 0.15) is 22.3 Å². The van der Waals surface area contributed by atoms with Crippen LogP contribution in [0.25, 0.3) is 22.3 Å². The SMILES string of the molecule is Cc1cc(-c2cccc3c2Cc2ccccc2-3)cc(C)c1OCCO. The predicted molar refractivity (Wildman–Crippen MR) is 102 cm³/mol. The lowest BCUT2D eigenvalue weighted by atomic mass is 9.93. The van der Waals surface area contributed by atoms with E-state index in [4.69, 9.17) is 9.84 Å². The van der Waals surface area contributed by atoms with Crippen LogP contribution in [0.15, 0.2) is 54.6 Å². The Hall–Kier alpha value is -2.58. The second kappa shape index (κ2) is 6.38. The van der Waals surface area contributed by atoms with E-state index < -0.39 is 0 Å². The molecule has 0 radical (unpaired) electrons. The molecule has 25 heavy (non-hydrogen) atoms. The normalized spacial score (nSPS) is 12.0. The molecule has 0 bridgehead atoms. The third kappa shape index (κ3) is 2.73. The van der Waals surface area contributed by atoms with E-state index in [-0.39, 0.29) is 6.61 Å². The van der Waals surface area contributed by atoms with Crippen molar-refractivity contribution >= 4 is 0 Å². The summed E-state index contributed by atoms with van der Waals surface area (Å²) in [5.74, 6) is 0.883. The number of aliphatic hydroxyl groups excluding tert-OH is 1. The van der Waals surface area contributed by atoms with Gasteiger partial charge in [0, 0.05) is 0 Å². The van der Waals surface area contributed by atoms with Gasteiger partial charge in [-0.05, 0) is 76.9 Å².